The third-order valence-corrected chi connectivity index (χ3v) is 3.64. The summed E-state index contributed by atoms with van der Waals surface area (Å²) in [4.78, 5) is 4.47. The van der Waals surface area contributed by atoms with E-state index < -0.39 is 0 Å². The number of hydrogen-bond acceptors (Lipinski definition) is 2. The lowest BCUT2D eigenvalue weighted by Crippen LogP contribution is -2.09. The van der Waals surface area contributed by atoms with Crippen LogP contribution in [0.1, 0.15) is 97.3 Å². The van der Waals surface area contributed by atoms with Crippen molar-refractivity contribution in [3.63, 3.8) is 0 Å². The van der Waals surface area contributed by atoms with Crippen LogP contribution in [0.3, 0.4) is 0 Å². The van der Waals surface area contributed by atoms with E-state index >= 15 is 0 Å². The standard InChI is InChI=1S/C16H34O2/c1-3-5-6-7-8-9-10-11-12-13-15-16(18-17)14-4-2/h16-17H,3-15H2,1-2H3. The Morgan fingerprint density at radius 3 is 1.61 bits per heavy atom. The maximum absolute atomic E-state index is 8.70. The minimum Gasteiger partial charge on any atom is -0.252 e. The Hall–Kier alpha value is -0.0800. The lowest BCUT2D eigenvalue weighted by atomic mass is 10.0. The normalized spacial score (nSPS) is 12.8. The minimum absolute atomic E-state index is 0.0732. The zero-order valence-electron chi connectivity index (χ0n) is 12.6. The highest BCUT2D eigenvalue weighted by atomic mass is 17.1. The van der Waals surface area contributed by atoms with Crippen LogP contribution in [-0.4, -0.2) is 11.4 Å². The first-order chi connectivity index (χ1) is 8.85. The molecule has 0 aliphatic rings. The number of hydrogen-bond donors (Lipinski definition) is 1. The molecule has 2 heteroatoms. The molecule has 0 aliphatic heterocycles. The average Bonchev–Trinajstić information content (AvgIpc) is 2.39. The predicted molar refractivity (Wildman–Crippen MR) is 78.9 cm³/mol. The van der Waals surface area contributed by atoms with Gasteiger partial charge in [0.15, 0.2) is 0 Å². The molecule has 2 nitrogen and oxygen atoms in total. The van der Waals surface area contributed by atoms with Gasteiger partial charge >= 0.3 is 0 Å². The van der Waals surface area contributed by atoms with Crippen molar-refractivity contribution in [2.24, 2.45) is 0 Å². The summed E-state index contributed by atoms with van der Waals surface area (Å²) in [7, 11) is 0. The molecule has 0 saturated carbocycles. The fraction of sp³-hybridized carbons (Fsp3) is 1.00. The van der Waals surface area contributed by atoms with Crippen molar-refractivity contribution in [3.8, 4) is 0 Å². The fourth-order valence-corrected chi connectivity index (χ4v) is 2.43. The highest BCUT2D eigenvalue weighted by Crippen LogP contribution is 2.14. The third-order valence-electron chi connectivity index (χ3n) is 3.64. The van der Waals surface area contributed by atoms with E-state index in [0.717, 1.165) is 19.3 Å². The van der Waals surface area contributed by atoms with E-state index in [9.17, 15) is 0 Å². The second-order valence-corrected chi connectivity index (χ2v) is 5.49. The zero-order chi connectivity index (χ0) is 13.5. The van der Waals surface area contributed by atoms with Gasteiger partial charge in [-0.1, -0.05) is 84.5 Å². The molecule has 110 valence electrons. The van der Waals surface area contributed by atoms with Crippen molar-refractivity contribution >= 4 is 0 Å². The SMILES string of the molecule is CCCCCCCCCCCCC(CCC)OO. The van der Waals surface area contributed by atoms with Crippen molar-refractivity contribution in [1.82, 2.24) is 0 Å². The van der Waals surface area contributed by atoms with Crippen LogP contribution in [0.15, 0.2) is 0 Å². The predicted octanol–water partition coefficient (Wildman–Crippen LogP) is 5.96. The Morgan fingerprint density at radius 2 is 1.17 bits per heavy atom. The van der Waals surface area contributed by atoms with Gasteiger partial charge in [-0.05, 0) is 12.8 Å². The van der Waals surface area contributed by atoms with E-state index in [2.05, 4.69) is 18.7 Å². The molecule has 0 amide bonds. The molecule has 0 aromatic carbocycles. The molecule has 0 rings (SSSR count). The van der Waals surface area contributed by atoms with Crippen LogP contribution < -0.4 is 0 Å². The average molecular weight is 258 g/mol. The van der Waals surface area contributed by atoms with Gasteiger partial charge in [-0.25, -0.2) is 4.89 Å². The van der Waals surface area contributed by atoms with Crippen LogP contribution >= 0.6 is 0 Å². The van der Waals surface area contributed by atoms with Crippen LogP contribution in [0.4, 0.5) is 0 Å². The number of unbranched alkanes of at least 4 members (excludes halogenated alkanes) is 9. The maximum atomic E-state index is 8.70. The molecule has 0 heterocycles. The van der Waals surface area contributed by atoms with E-state index in [4.69, 9.17) is 5.26 Å². The van der Waals surface area contributed by atoms with Gasteiger partial charge in [-0.15, -0.1) is 0 Å². The second kappa shape index (κ2) is 15.0. The summed E-state index contributed by atoms with van der Waals surface area (Å²) in [6, 6.07) is 0. The van der Waals surface area contributed by atoms with Gasteiger partial charge in [0.25, 0.3) is 0 Å². The van der Waals surface area contributed by atoms with Gasteiger partial charge in [0.05, 0.1) is 6.10 Å². The van der Waals surface area contributed by atoms with Crippen molar-refractivity contribution < 1.29 is 10.1 Å². The van der Waals surface area contributed by atoms with Crippen LogP contribution in [-0.2, 0) is 4.89 Å². The van der Waals surface area contributed by atoms with Crippen molar-refractivity contribution in [2.45, 2.75) is 103 Å². The molecule has 1 unspecified atom stereocenters. The molecule has 0 spiro atoms. The fourth-order valence-electron chi connectivity index (χ4n) is 2.43. The zero-order valence-corrected chi connectivity index (χ0v) is 12.6. The van der Waals surface area contributed by atoms with Crippen molar-refractivity contribution in [2.75, 3.05) is 0 Å². The van der Waals surface area contributed by atoms with Crippen LogP contribution in [0, 0.1) is 0 Å². The lowest BCUT2D eigenvalue weighted by molar-refractivity contribution is -0.281. The van der Waals surface area contributed by atoms with Gasteiger partial charge in [0.2, 0.25) is 0 Å². The Labute approximate surface area is 114 Å². The van der Waals surface area contributed by atoms with E-state index in [0.29, 0.717) is 0 Å². The summed E-state index contributed by atoms with van der Waals surface area (Å²) >= 11 is 0. The number of rotatable bonds is 14. The molecule has 0 aromatic heterocycles. The van der Waals surface area contributed by atoms with Crippen LogP contribution in [0.25, 0.3) is 0 Å². The van der Waals surface area contributed by atoms with Crippen molar-refractivity contribution in [1.29, 1.82) is 0 Å². The van der Waals surface area contributed by atoms with Crippen LogP contribution in [0.5, 0.6) is 0 Å². The molecule has 0 bridgehead atoms. The van der Waals surface area contributed by atoms with Crippen molar-refractivity contribution in [3.05, 3.63) is 0 Å². The summed E-state index contributed by atoms with van der Waals surface area (Å²) in [6.07, 6.45) is 16.8. The van der Waals surface area contributed by atoms with E-state index in [-0.39, 0.29) is 6.10 Å². The molecule has 18 heavy (non-hydrogen) atoms. The quantitative estimate of drug-likeness (QED) is 0.237. The molecular formula is C16H34O2. The first-order valence-electron chi connectivity index (χ1n) is 8.15. The van der Waals surface area contributed by atoms with E-state index in [1.54, 1.807) is 0 Å². The highest BCUT2D eigenvalue weighted by molar-refractivity contribution is 4.56. The summed E-state index contributed by atoms with van der Waals surface area (Å²) in [5, 5.41) is 8.70. The largest absolute Gasteiger partial charge is 0.252 e. The first-order valence-corrected chi connectivity index (χ1v) is 8.15. The smallest absolute Gasteiger partial charge is 0.0927 e. The molecule has 0 aliphatic carbocycles. The van der Waals surface area contributed by atoms with E-state index in [1.807, 2.05) is 0 Å². The Kier molecular flexibility index (Phi) is 14.9. The minimum atomic E-state index is 0.0732. The topological polar surface area (TPSA) is 29.5 Å². The third kappa shape index (κ3) is 12.4. The Morgan fingerprint density at radius 1 is 0.667 bits per heavy atom. The lowest BCUT2D eigenvalue weighted by Gasteiger charge is -2.11. The second-order valence-electron chi connectivity index (χ2n) is 5.49. The molecule has 0 radical (unpaired) electrons. The molecule has 1 atom stereocenters. The van der Waals surface area contributed by atoms with Crippen LogP contribution in [0.2, 0.25) is 0 Å². The van der Waals surface area contributed by atoms with Gasteiger partial charge in [-0.3, -0.25) is 5.26 Å². The van der Waals surface area contributed by atoms with Gasteiger partial charge in [0.1, 0.15) is 0 Å². The molecular weight excluding hydrogens is 224 g/mol. The summed E-state index contributed by atoms with van der Waals surface area (Å²) in [6.45, 7) is 4.40. The summed E-state index contributed by atoms with van der Waals surface area (Å²) in [5.74, 6) is 0. The van der Waals surface area contributed by atoms with E-state index in [1.165, 1.54) is 64.2 Å². The summed E-state index contributed by atoms with van der Waals surface area (Å²) in [5.41, 5.74) is 0. The highest BCUT2D eigenvalue weighted by Gasteiger charge is 2.06. The summed E-state index contributed by atoms with van der Waals surface area (Å²) < 4.78 is 0. The molecule has 1 N–H and O–H groups in total. The molecule has 0 aromatic rings. The Bertz CT molecular complexity index is 148. The maximum Gasteiger partial charge on any atom is 0.0927 e. The van der Waals surface area contributed by atoms with Gasteiger partial charge in [0, 0.05) is 0 Å². The first kappa shape index (κ1) is 17.9. The molecule has 0 fully saturated rings. The van der Waals surface area contributed by atoms with Gasteiger partial charge in [-0.2, -0.15) is 0 Å². The monoisotopic (exact) mass is 258 g/mol. The van der Waals surface area contributed by atoms with Gasteiger partial charge < -0.3 is 0 Å². The Balaban J connectivity index is 3.10. The molecule has 0 saturated heterocycles.